The summed E-state index contributed by atoms with van der Waals surface area (Å²) in [5.41, 5.74) is 0.545. The van der Waals surface area contributed by atoms with Crippen LogP contribution < -0.4 is 19.5 Å². The molecule has 11 nitrogen and oxygen atoms in total. The Hall–Kier alpha value is -3.77. The molecule has 32 heavy (non-hydrogen) atoms. The molecule has 0 aliphatic heterocycles. The lowest BCUT2D eigenvalue weighted by atomic mass is 10.1. The third-order valence-electron chi connectivity index (χ3n) is 4.03. The van der Waals surface area contributed by atoms with Gasteiger partial charge in [-0.15, -0.1) is 0 Å². The van der Waals surface area contributed by atoms with Crippen molar-refractivity contribution < 1.29 is 37.4 Å². The number of benzene rings is 2. The molecule has 12 heteroatoms. The van der Waals surface area contributed by atoms with Gasteiger partial charge in [-0.2, -0.15) is 0 Å². The van der Waals surface area contributed by atoms with Gasteiger partial charge in [-0.1, -0.05) is 5.16 Å². The van der Waals surface area contributed by atoms with Crippen molar-refractivity contribution in [3.8, 4) is 17.2 Å². The van der Waals surface area contributed by atoms with Crippen LogP contribution in [0.4, 0.5) is 11.5 Å². The first kappa shape index (κ1) is 24.5. The van der Waals surface area contributed by atoms with Crippen LogP contribution in [0.2, 0.25) is 0 Å². The number of anilines is 2. The molecule has 0 fully saturated rings. The number of aliphatic hydroxyl groups excluding tert-OH is 1. The Labute approximate surface area is 184 Å². The third kappa shape index (κ3) is 5.68. The average Bonchev–Trinajstić information content (AvgIpc) is 3.19. The fourth-order valence-electron chi connectivity index (χ4n) is 2.56. The van der Waals surface area contributed by atoms with Crippen molar-refractivity contribution in [2.75, 3.05) is 31.4 Å². The van der Waals surface area contributed by atoms with Crippen molar-refractivity contribution in [2.24, 2.45) is 0 Å². The number of aliphatic hydroxyl groups is 1. The number of aromatic hydroxyl groups is 1. The van der Waals surface area contributed by atoms with E-state index in [9.17, 15) is 18.3 Å². The highest BCUT2D eigenvalue weighted by Crippen LogP contribution is 2.37. The van der Waals surface area contributed by atoms with Gasteiger partial charge >= 0.3 is 0 Å². The van der Waals surface area contributed by atoms with E-state index >= 15 is 0 Å². The van der Waals surface area contributed by atoms with Crippen molar-refractivity contribution in [2.45, 2.75) is 11.8 Å². The lowest BCUT2D eigenvalue weighted by molar-refractivity contribution is 0.102. The summed E-state index contributed by atoms with van der Waals surface area (Å²) in [6.45, 7) is 1.64. The Morgan fingerprint density at radius 2 is 1.59 bits per heavy atom. The van der Waals surface area contributed by atoms with Gasteiger partial charge < -0.3 is 29.5 Å². The summed E-state index contributed by atoms with van der Waals surface area (Å²) in [5, 5.41) is 23.2. The summed E-state index contributed by atoms with van der Waals surface area (Å²) in [6.07, 6.45) is 0. The molecule has 172 valence electrons. The number of phenols is 1. The second-order valence-corrected chi connectivity index (χ2v) is 7.82. The molecule has 1 amide bonds. The molecule has 2 aromatic carbocycles. The van der Waals surface area contributed by atoms with Gasteiger partial charge in [0.25, 0.3) is 15.9 Å². The van der Waals surface area contributed by atoms with Crippen molar-refractivity contribution in [1.29, 1.82) is 0 Å². The summed E-state index contributed by atoms with van der Waals surface area (Å²) >= 11 is 0. The highest BCUT2D eigenvalue weighted by Gasteiger charge is 2.18. The molecule has 0 aliphatic rings. The van der Waals surface area contributed by atoms with Gasteiger partial charge in [0, 0.05) is 24.4 Å². The van der Waals surface area contributed by atoms with E-state index in [1.54, 1.807) is 6.92 Å². The predicted octanol–water partition coefficient (Wildman–Crippen LogP) is 2.37. The standard InChI is InChI=1S/C19H19N3O7S.CH4O/c1-11-8-17(21-29-11)22-30(25,26)14-6-4-13(5-7-14)20-19(24)12-9-15(27-2)18(23)16(10-12)28-3;1-2/h4-10,23H,1-3H3,(H,20,24)(H,21,22);2H,1H3. The minimum Gasteiger partial charge on any atom is -0.502 e. The Morgan fingerprint density at radius 1 is 1.03 bits per heavy atom. The molecular weight excluding hydrogens is 442 g/mol. The molecule has 1 heterocycles. The zero-order valence-corrected chi connectivity index (χ0v) is 18.6. The van der Waals surface area contributed by atoms with E-state index in [1.165, 1.54) is 56.7 Å². The summed E-state index contributed by atoms with van der Waals surface area (Å²) in [5.74, 6) is -0.0297. The molecule has 0 spiro atoms. The van der Waals surface area contributed by atoms with Gasteiger partial charge in [-0.3, -0.25) is 9.52 Å². The van der Waals surface area contributed by atoms with Crippen molar-refractivity contribution in [1.82, 2.24) is 5.16 Å². The van der Waals surface area contributed by atoms with Gasteiger partial charge in [0.05, 0.1) is 19.1 Å². The molecule has 0 radical (unpaired) electrons. The molecule has 0 saturated carbocycles. The van der Waals surface area contributed by atoms with Gasteiger partial charge in [0.2, 0.25) is 5.75 Å². The van der Waals surface area contributed by atoms with Crippen LogP contribution in [0.25, 0.3) is 0 Å². The molecule has 4 N–H and O–H groups in total. The van der Waals surface area contributed by atoms with E-state index in [-0.39, 0.29) is 33.5 Å². The Kier molecular flexibility index (Phi) is 8.04. The van der Waals surface area contributed by atoms with E-state index in [4.69, 9.17) is 19.1 Å². The number of sulfonamides is 1. The third-order valence-corrected chi connectivity index (χ3v) is 5.40. The number of hydrogen-bond donors (Lipinski definition) is 4. The number of rotatable bonds is 7. The first-order valence-electron chi connectivity index (χ1n) is 9.00. The number of methoxy groups -OCH3 is 2. The van der Waals surface area contributed by atoms with Crippen molar-refractivity contribution in [3.05, 3.63) is 53.8 Å². The molecule has 0 bridgehead atoms. The van der Waals surface area contributed by atoms with Gasteiger partial charge in [0.1, 0.15) is 5.76 Å². The summed E-state index contributed by atoms with van der Waals surface area (Å²) in [4.78, 5) is 12.5. The lowest BCUT2D eigenvalue weighted by Crippen LogP contribution is -2.14. The van der Waals surface area contributed by atoms with Gasteiger partial charge in [0.15, 0.2) is 17.3 Å². The normalized spacial score (nSPS) is 10.5. The van der Waals surface area contributed by atoms with Crippen LogP contribution in [0, 0.1) is 6.92 Å². The van der Waals surface area contributed by atoms with Crippen molar-refractivity contribution >= 4 is 27.4 Å². The fraction of sp³-hybridized carbons (Fsp3) is 0.200. The second-order valence-electron chi connectivity index (χ2n) is 6.14. The zero-order valence-electron chi connectivity index (χ0n) is 17.7. The van der Waals surface area contributed by atoms with Crippen LogP contribution in [-0.4, -0.2) is 51.0 Å². The highest BCUT2D eigenvalue weighted by molar-refractivity contribution is 7.92. The second kappa shape index (κ2) is 10.5. The lowest BCUT2D eigenvalue weighted by Gasteiger charge is -2.12. The van der Waals surface area contributed by atoms with Crippen LogP contribution in [0.3, 0.4) is 0 Å². The first-order chi connectivity index (χ1) is 15.2. The van der Waals surface area contributed by atoms with Crippen molar-refractivity contribution in [3.63, 3.8) is 0 Å². The number of carbonyl (C=O) groups excluding carboxylic acids is 1. The van der Waals surface area contributed by atoms with Crippen LogP contribution in [0.1, 0.15) is 16.1 Å². The smallest absolute Gasteiger partial charge is 0.263 e. The monoisotopic (exact) mass is 465 g/mol. The topological polar surface area (TPSA) is 160 Å². The predicted molar refractivity (Wildman–Crippen MR) is 116 cm³/mol. The zero-order chi connectivity index (χ0) is 23.9. The molecule has 3 rings (SSSR count). The number of nitrogens with zero attached hydrogens (tertiary/aromatic N) is 1. The van der Waals surface area contributed by atoms with Gasteiger partial charge in [-0.25, -0.2) is 8.42 Å². The number of aromatic nitrogens is 1. The molecule has 0 atom stereocenters. The molecule has 3 aromatic rings. The fourth-order valence-corrected chi connectivity index (χ4v) is 3.54. The minimum atomic E-state index is -3.87. The number of phenolic OH excluding ortho intramolecular Hbond substituents is 1. The summed E-state index contributed by atoms with van der Waals surface area (Å²) in [7, 11) is -0.164. The van der Waals surface area contributed by atoms with E-state index < -0.39 is 15.9 Å². The Morgan fingerprint density at radius 3 is 2.06 bits per heavy atom. The number of aryl methyl sites for hydroxylation is 1. The summed E-state index contributed by atoms with van der Waals surface area (Å²) in [6, 6.07) is 9.72. The Bertz CT molecular complexity index is 1150. The maximum Gasteiger partial charge on any atom is 0.263 e. The van der Waals surface area contributed by atoms with E-state index in [1.807, 2.05) is 0 Å². The largest absolute Gasteiger partial charge is 0.502 e. The van der Waals surface area contributed by atoms with Crippen LogP contribution in [-0.2, 0) is 10.0 Å². The highest BCUT2D eigenvalue weighted by atomic mass is 32.2. The Balaban J connectivity index is 0.00000176. The quantitative estimate of drug-likeness (QED) is 0.410. The summed E-state index contributed by atoms with van der Waals surface area (Å²) < 4.78 is 42.0. The first-order valence-corrected chi connectivity index (χ1v) is 10.5. The van der Waals surface area contributed by atoms with Crippen LogP contribution in [0.5, 0.6) is 17.2 Å². The number of hydrogen-bond acceptors (Lipinski definition) is 9. The number of amides is 1. The van der Waals surface area contributed by atoms with E-state index in [2.05, 4.69) is 15.2 Å². The van der Waals surface area contributed by atoms with Crippen LogP contribution in [0.15, 0.2) is 51.9 Å². The number of nitrogens with one attached hydrogen (secondary N) is 2. The van der Waals surface area contributed by atoms with Crippen LogP contribution >= 0.6 is 0 Å². The maximum absolute atomic E-state index is 12.5. The molecular formula is C20H23N3O8S. The SMILES string of the molecule is CO.COc1cc(C(=O)Nc2ccc(S(=O)(=O)Nc3cc(C)on3)cc2)cc(OC)c1O. The number of carbonyl (C=O) groups is 1. The van der Waals surface area contributed by atoms with E-state index in [0.29, 0.717) is 11.4 Å². The average molecular weight is 465 g/mol. The molecule has 0 saturated heterocycles. The molecule has 0 unspecified atom stereocenters. The van der Waals surface area contributed by atoms with Gasteiger partial charge in [-0.05, 0) is 43.3 Å². The number of ether oxygens (including phenoxy) is 2. The van der Waals surface area contributed by atoms with E-state index in [0.717, 1.165) is 7.11 Å². The minimum absolute atomic E-state index is 0.0193. The molecule has 0 aliphatic carbocycles. The molecule has 1 aromatic heterocycles. The maximum atomic E-state index is 12.5.